The molecule has 350 valence electrons. The Morgan fingerprint density at radius 1 is 0.314 bits per heavy atom. The highest BCUT2D eigenvalue weighted by Crippen LogP contribution is 2.47. The number of amides is 2. The van der Waals surface area contributed by atoms with E-state index in [9.17, 15) is 57.5 Å². The molecule has 1 aliphatic heterocycles. The number of aromatic nitrogens is 1. The molecule has 0 N–H and O–H groups in total. The highest BCUT2D eigenvalue weighted by atomic mass is 19.4. The minimum atomic E-state index is -5.21. The van der Waals surface area contributed by atoms with Crippen molar-refractivity contribution in [1.82, 2.24) is 4.57 Å². The van der Waals surface area contributed by atoms with E-state index in [1.54, 1.807) is 30.3 Å². The highest BCUT2D eigenvalue weighted by molar-refractivity contribution is 6.37. The van der Waals surface area contributed by atoms with E-state index in [2.05, 4.69) is 0 Å². The monoisotopic (exact) mass is 964 g/mol. The predicted molar refractivity (Wildman–Crippen MR) is 240 cm³/mol. The van der Waals surface area contributed by atoms with Crippen molar-refractivity contribution in [2.75, 3.05) is 4.90 Å². The van der Waals surface area contributed by atoms with Crippen LogP contribution in [0.5, 0.6) is 0 Å². The number of hydrogen-bond donors (Lipinski definition) is 0. The van der Waals surface area contributed by atoms with Crippen LogP contribution in [0.1, 0.15) is 43.0 Å². The standard InChI is InChI=1S/C54H28F12N2O2/c55-51(56,57)35-21-33(22-36(27-35)52(58,59)60)31-17-19-43-41(25-31)42-26-32(34-23-37(53(61,62)63)28-38(24-34)54(64,65)66)18-20-44(42)67(43)46-16-8-14-40-48(46)50(70)68(49(40)69)45-15-7-13-39(29-9-3-1-4-10-29)47(45)30-11-5-2-6-12-30/h1-28H. The van der Waals surface area contributed by atoms with Crippen molar-refractivity contribution in [3.05, 3.63) is 203 Å². The van der Waals surface area contributed by atoms with Crippen molar-refractivity contribution in [1.29, 1.82) is 0 Å². The van der Waals surface area contributed by atoms with Crippen LogP contribution in [0.3, 0.4) is 0 Å². The third-order valence-corrected chi connectivity index (χ3v) is 12.2. The van der Waals surface area contributed by atoms with Crippen LogP contribution in [0.25, 0.3) is 72.0 Å². The summed E-state index contributed by atoms with van der Waals surface area (Å²) in [5, 5.41) is 0.132. The Balaban J connectivity index is 1.21. The molecule has 8 aromatic carbocycles. The second kappa shape index (κ2) is 16.2. The first-order valence-corrected chi connectivity index (χ1v) is 21.0. The summed E-state index contributed by atoms with van der Waals surface area (Å²) >= 11 is 0. The molecule has 0 bridgehead atoms. The molecule has 0 radical (unpaired) electrons. The summed E-state index contributed by atoms with van der Waals surface area (Å²) in [4.78, 5) is 30.8. The van der Waals surface area contributed by atoms with E-state index in [0.29, 0.717) is 41.0 Å². The van der Waals surface area contributed by atoms with Crippen LogP contribution in [0.15, 0.2) is 170 Å². The Morgan fingerprint density at radius 3 is 1.17 bits per heavy atom. The first-order chi connectivity index (χ1) is 33.1. The van der Waals surface area contributed by atoms with Crippen molar-refractivity contribution < 1.29 is 62.3 Å². The molecule has 2 amide bonds. The van der Waals surface area contributed by atoms with Crippen LogP contribution in [-0.2, 0) is 24.7 Å². The van der Waals surface area contributed by atoms with Crippen molar-refractivity contribution in [3.63, 3.8) is 0 Å². The molecule has 0 saturated carbocycles. The molecule has 2 heterocycles. The van der Waals surface area contributed by atoms with E-state index in [4.69, 9.17) is 0 Å². The zero-order valence-electron chi connectivity index (χ0n) is 35.4. The minimum Gasteiger partial charge on any atom is -0.308 e. The number of fused-ring (bicyclic) bond motifs is 4. The second-order valence-electron chi connectivity index (χ2n) is 16.5. The fraction of sp³-hybridized carbons (Fsp3) is 0.0741. The van der Waals surface area contributed by atoms with Crippen LogP contribution in [0.4, 0.5) is 58.4 Å². The Labute approximate surface area is 388 Å². The Morgan fingerprint density at radius 2 is 0.729 bits per heavy atom. The van der Waals surface area contributed by atoms with Gasteiger partial charge in [-0.15, -0.1) is 0 Å². The van der Waals surface area contributed by atoms with Crippen molar-refractivity contribution in [2.45, 2.75) is 24.7 Å². The molecule has 1 aliphatic rings. The molecule has 4 nitrogen and oxygen atoms in total. The molecule has 70 heavy (non-hydrogen) atoms. The summed E-state index contributed by atoms with van der Waals surface area (Å²) < 4.78 is 170. The summed E-state index contributed by atoms with van der Waals surface area (Å²) in [6.45, 7) is 0. The smallest absolute Gasteiger partial charge is 0.308 e. The van der Waals surface area contributed by atoms with Gasteiger partial charge in [-0.25, -0.2) is 4.90 Å². The number of imide groups is 1. The van der Waals surface area contributed by atoms with Gasteiger partial charge in [-0.2, -0.15) is 52.7 Å². The fourth-order valence-corrected chi connectivity index (χ4v) is 9.05. The van der Waals surface area contributed by atoms with Gasteiger partial charge in [-0.1, -0.05) is 91.0 Å². The third kappa shape index (κ3) is 7.92. The maximum Gasteiger partial charge on any atom is 0.416 e. The second-order valence-corrected chi connectivity index (χ2v) is 16.5. The molecule has 9 aromatic rings. The van der Waals surface area contributed by atoms with Crippen LogP contribution in [0.2, 0.25) is 0 Å². The summed E-state index contributed by atoms with van der Waals surface area (Å²) in [5.41, 5.74) is -4.62. The number of halogens is 12. The van der Waals surface area contributed by atoms with Gasteiger partial charge in [0.15, 0.2) is 0 Å². The summed E-state index contributed by atoms with van der Waals surface area (Å²) in [7, 11) is 0. The van der Waals surface area contributed by atoms with Gasteiger partial charge < -0.3 is 4.57 Å². The van der Waals surface area contributed by atoms with E-state index < -0.39 is 69.9 Å². The molecule has 10 rings (SSSR count). The molecule has 0 fully saturated rings. The molecule has 16 heteroatoms. The number of alkyl halides is 12. The largest absolute Gasteiger partial charge is 0.416 e. The number of carbonyl (C=O) groups is 2. The maximum absolute atomic E-state index is 15.1. The average Bonchev–Trinajstić information content (AvgIpc) is 3.79. The van der Waals surface area contributed by atoms with E-state index in [0.717, 1.165) is 10.5 Å². The maximum atomic E-state index is 15.1. The molecule has 0 unspecified atom stereocenters. The lowest BCUT2D eigenvalue weighted by Crippen LogP contribution is -2.30. The van der Waals surface area contributed by atoms with E-state index in [1.165, 1.54) is 59.2 Å². The Hall–Kier alpha value is -8.14. The van der Waals surface area contributed by atoms with E-state index in [-0.39, 0.29) is 67.6 Å². The zero-order valence-corrected chi connectivity index (χ0v) is 35.4. The van der Waals surface area contributed by atoms with Crippen LogP contribution >= 0.6 is 0 Å². The summed E-state index contributed by atoms with van der Waals surface area (Å²) in [6, 6.07) is 37.5. The number of anilines is 1. The predicted octanol–water partition coefficient (Wildman–Crippen LogP) is 16.3. The molecule has 0 saturated heterocycles. The third-order valence-electron chi connectivity index (χ3n) is 12.2. The van der Waals surface area contributed by atoms with Gasteiger partial charge in [0.05, 0.1) is 55.8 Å². The number of carbonyl (C=O) groups excluding carboxylic acids is 2. The van der Waals surface area contributed by atoms with Gasteiger partial charge in [-0.05, 0) is 118 Å². The number of hydrogen-bond acceptors (Lipinski definition) is 2. The molecular formula is C54H28F12N2O2. The van der Waals surface area contributed by atoms with Crippen LogP contribution < -0.4 is 4.90 Å². The Bertz CT molecular complexity index is 3390. The quantitative estimate of drug-likeness (QED) is 0.123. The van der Waals surface area contributed by atoms with Gasteiger partial charge in [-0.3, -0.25) is 9.59 Å². The molecule has 0 atom stereocenters. The van der Waals surface area contributed by atoms with Gasteiger partial charge >= 0.3 is 24.7 Å². The normalized spacial score (nSPS) is 13.5. The van der Waals surface area contributed by atoms with Crippen molar-refractivity contribution in [2.24, 2.45) is 0 Å². The zero-order chi connectivity index (χ0) is 49.7. The molecule has 1 aromatic heterocycles. The molecule has 0 spiro atoms. The topological polar surface area (TPSA) is 42.3 Å². The summed E-state index contributed by atoms with van der Waals surface area (Å²) in [6.07, 6.45) is -20.8. The first-order valence-electron chi connectivity index (χ1n) is 21.0. The summed E-state index contributed by atoms with van der Waals surface area (Å²) in [5.74, 6) is -1.47. The van der Waals surface area contributed by atoms with Gasteiger partial charge in [0.1, 0.15) is 0 Å². The lowest BCUT2D eigenvalue weighted by atomic mass is 9.92. The highest BCUT2D eigenvalue weighted by Gasteiger charge is 2.42. The first kappa shape index (κ1) is 45.6. The SMILES string of the molecule is O=C1c2cccc(-n3c4ccc(-c5cc(C(F)(F)F)cc(C(F)(F)F)c5)cc4c4cc(-c5cc(C(F)(F)F)cc(C(F)(F)F)c5)ccc43)c2C(=O)N1c1cccc(-c2ccccc2)c1-c1ccccc1. The molecular weight excluding hydrogens is 937 g/mol. The van der Waals surface area contributed by atoms with Gasteiger partial charge in [0.25, 0.3) is 11.8 Å². The van der Waals surface area contributed by atoms with Crippen LogP contribution in [-0.4, -0.2) is 16.4 Å². The number of benzene rings is 8. The average molecular weight is 965 g/mol. The minimum absolute atomic E-state index is 0.0389. The van der Waals surface area contributed by atoms with E-state index >= 15 is 4.79 Å². The number of rotatable bonds is 6. The Kier molecular flexibility index (Phi) is 10.6. The van der Waals surface area contributed by atoms with Gasteiger partial charge in [0, 0.05) is 16.3 Å². The number of nitrogens with zero attached hydrogens (tertiary/aromatic N) is 2. The lowest BCUT2D eigenvalue weighted by molar-refractivity contribution is -0.144. The fourth-order valence-electron chi connectivity index (χ4n) is 9.05. The van der Waals surface area contributed by atoms with Crippen molar-refractivity contribution in [3.8, 4) is 50.2 Å². The van der Waals surface area contributed by atoms with Gasteiger partial charge in [0.2, 0.25) is 0 Å². The van der Waals surface area contributed by atoms with Crippen molar-refractivity contribution >= 4 is 39.3 Å². The van der Waals surface area contributed by atoms with E-state index in [1.807, 2.05) is 48.5 Å². The lowest BCUT2D eigenvalue weighted by Gasteiger charge is -2.22. The molecule has 0 aliphatic carbocycles. The van der Waals surface area contributed by atoms with Crippen LogP contribution in [0, 0.1) is 0 Å².